The quantitative estimate of drug-likeness (QED) is 0.418. The van der Waals surface area contributed by atoms with Gasteiger partial charge in [-0.1, -0.05) is 29.2 Å². The largest absolute Gasteiger partial charge is 0.454 e. The van der Waals surface area contributed by atoms with Crippen molar-refractivity contribution in [3.05, 3.63) is 29.8 Å². The lowest BCUT2D eigenvalue weighted by atomic mass is 10.2. The van der Waals surface area contributed by atoms with E-state index in [1.807, 2.05) is 6.07 Å². The van der Waals surface area contributed by atoms with Crippen LogP contribution < -0.4 is 14.8 Å². The van der Waals surface area contributed by atoms with E-state index >= 15 is 0 Å². The molecule has 1 aromatic carbocycles. The Bertz CT molecular complexity index is 927. The molecule has 152 valence electrons. The lowest BCUT2D eigenvalue weighted by Crippen LogP contribution is -2.41. The van der Waals surface area contributed by atoms with Gasteiger partial charge in [0.05, 0.1) is 19.0 Å². The zero-order valence-electron chi connectivity index (χ0n) is 15.3. The van der Waals surface area contributed by atoms with E-state index in [2.05, 4.69) is 15.5 Å². The Balaban J connectivity index is 1.26. The van der Waals surface area contributed by atoms with Crippen LogP contribution in [0.3, 0.4) is 0 Å². The number of carbonyl (C=O) groups excluding carboxylic acids is 2. The van der Waals surface area contributed by atoms with E-state index in [-0.39, 0.29) is 24.4 Å². The molecule has 2 aliphatic rings. The zero-order valence-corrected chi connectivity index (χ0v) is 17.0. The minimum atomic E-state index is -0.320. The van der Waals surface area contributed by atoms with E-state index in [9.17, 15) is 9.59 Å². The predicted octanol–water partition coefficient (Wildman–Crippen LogP) is 1.87. The normalized spacial score (nSPS) is 15.7. The molecule has 29 heavy (non-hydrogen) atoms. The van der Waals surface area contributed by atoms with E-state index in [1.54, 1.807) is 23.1 Å². The Morgan fingerprint density at radius 3 is 2.90 bits per heavy atom. The molecule has 0 unspecified atom stereocenters. The number of benzene rings is 1. The number of ether oxygens (including phenoxy) is 3. The van der Waals surface area contributed by atoms with E-state index in [1.165, 1.54) is 29.2 Å². The summed E-state index contributed by atoms with van der Waals surface area (Å²) in [5.74, 6) is 1.36. The van der Waals surface area contributed by atoms with Gasteiger partial charge in [0.2, 0.25) is 23.7 Å². The van der Waals surface area contributed by atoms with Crippen molar-refractivity contribution >= 4 is 46.1 Å². The maximum absolute atomic E-state index is 12.2. The maximum Gasteiger partial charge on any atom is 0.250 e. The molecular weight excluding hydrogens is 416 g/mol. The zero-order chi connectivity index (χ0) is 20.1. The molecule has 2 amide bonds. The Labute approximate surface area is 175 Å². The molecule has 1 fully saturated rings. The maximum atomic E-state index is 12.2. The Morgan fingerprint density at radius 2 is 2.03 bits per heavy atom. The third-order valence-corrected chi connectivity index (χ3v) is 6.10. The number of thioether (sulfide) groups is 1. The van der Waals surface area contributed by atoms with Gasteiger partial charge in [-0.15, -0.1) is 10.2 Å². The lowest BCUT2D eigenvalue weighted by Gasteiger charge is -2.26. The van der Waals surface area contributed by atoms with Crippen molar-refractivity contribution in [3.63, 3.8) is 0 Å². The van der Waals surface area contributed by atoms with Crippen LogP contribution >= 0.6 is 23.1 Å². The summed E-state index contributed by atoms with van der Waals surface area (Å²) >= 11 is 2.54. The smallest absolute Gasteiger partial charge is 0.250 e. The van der Waals surface area contributed by atoms with Crippen LogP contribution in [0.1, 0.15) is 5.56 Å². The molecule has 2 aromatic rings. The number of rotatable bonds is 6. The van der Waals surface area contributed by atoms with Gasteiger partial charge in [0.15, 0.2) is 15.8 Å². The second-order valence-electron chi connectivity index (χ2n) is 6.09. The SMILES string of the molecule is O=C(C=Cc1ccc2c(c1)OCO2)Nc1nnc(SCC(=O)N2CCOCC2)s1. The topological polar surface area (TPSA) is 103 Å². The van der Waals surface area contributed by atoms with Crippen LogP contribution in [0.2, 0.25) is 0 Å². The standard InChI is InChI=1S/C18H18N4O5S2/c23-15(4-2-12-1-3-13-14(9-12)27-11-26-13)19-17-20-21-18(29-17)28-10-16(24)22-5-7-25-8-6-22/h1-4,9H,5-8,10-11H2,(H,19,20,23). The van der Waals surface area contributed by atoms with Crippen molar-refractivity contribution < 1.29 is 23.8 Å². The Kier molecular flexibility index (Phi) is 6.27. The summed E-state index contributed by atoms with van der Waals surface area (Å²) in [6.45, 7) is 2.59. The molecule has 0 atom stereocenters. The first-order valence-corrected chi connectivity index (χ1v) is 10.7. The fourth-order valence-electron chi connectivity index (χ4n) is 2.68. The Hall–Kier alpha value is -2.63. The number of nitrogens with zero attached hydrogens (tertiary/aromatic N) is 3. The number of morpholine rings is 1. The molecule has 0 aliphatic carbocycles. The first-order valence-electron chi connectivity index (χ1n) is 8.88. The van der Waals surface area contributed by atoms with E-state index < -0.39 is 0 Å². The van der Waals surface area contributed by atoms with Gasteiger partial charge >= 0.3 is 0 Å². The van der Waals surface area contributed by atoms with E-state index in [0.717, 1.165) is 5.56 Å². The average molecular weight is 434 g/mol. The Morgan fingerprint density at radius 1 is 1.21 bits per heavy atom. The van der Waals surface area contributed by atoms with Crippen molar-refractivity contribution in [2.45, 2.75) is 4.34 Å². The van der Waals surface area contributed by atoms with Gasteiger partial charge in [-0.3, -0.25) is 14.9 Å². The summed E-state index contributed by atoms with van der Waals surface area (Å²) in [6.07, 6.45) is 3.09. The first kappa shape index (κ1) is 19.7. The summed E-state index contributed by atoms with van der Waals surface area (Å²) in [5, 5.41) is 11.0. The van der Waals surface area contributed by atoms with Crippen LogP contribution in [0.15, 0.2) is 28.6 Å². The van der Waals surface area contributed by atoms with Gasteiger partial charge in [-0.2, -0.15) is 0 Å². The van der Waals surface area contributed by atoms with Crippen molar-refractivity contribution in [1.82, 2.24) is 15.1 Å². The second kappa shape index (κ2) is 9.25. The number of nitrogens with one attached hydrogen (secondary N) is 1. The van der Waals surface area contributed by atoms with Gasteiger partial charge in [0.1, 0.15) is 0 Å². The number of fused-ring (bicyclic) bond motifs is 1. The summed E-state index contributed by atoms with van der Waals surface area (Å²) in [5.41, 5.74) is 0.819. The van der Waals surface area contributed by atoms with E-state index in [4.69, 9.17) is 14.2 Å². The molecule has 4 rings (SSSR count). The fourth-order valence-corrected chi connectivity index (χ4v) is 4.34. The molecule has 1 aromatic heterocycles. The highest BCUT2D eigenvalue weighted by atomic mass is 32.2. The summed E-state index contributed by atoms with van der Waals surface area (Å²) in [7, 11) is 0. The fraction of sp³-hybridized carbons (Fsp3) is 0.333. The van der Waals surface area contributed by atoms with Gasteiger partial charge in [-0.25, -0.2) is 0 Å². The lowest BCUT2D eigenvalue weighted by molar-refractivity contribution is -0.132. The third-order valence-electron chi connectivity index (χ3n) is 4.14. The highest BCUT2D eigenvalue weighted by molar-refractivity contribution is 8.01. The van der Waals surface area contributed by atoms with Crippen LogP contribution in [0.25, 0.3) is 6.08 Å². The van der Waals surface area contributed by atoms with Crippen molar-refractivity contribution in [2.24, 2.45) is 0 Å². The molecule has 0 saturated carbocycles. The number of aromatic nitrogens is 2. The van der Waals surface area contributed by atoms with Crippen molar-refractivity contribution in [2.75, 3.05) is 44.2 Å². The van der Waals surface area contributed by atoms with E-state index in [0.29, 0.717) is 47.3 Å². The number of carbonyl (C=O) groups is 2. The highest BCUT2D eigenvalue weighted by Gasteiger charge is 2.18. The van der Waals surface area contributed by atoms with Crippen LogP contribution in [0.5, 0.6) is 11.5 Å². The van der Waals surface area contributed by atoms with Gasteiger partial charge in [-0.05, 0) is 23.8 Å². The molecule has 0 spiro atoms. The number of hydrogen-bond acceptors (Lipinski definition) is 9. The number of amides is 2. The van der Waals surface area contributed by atoms with Crippen LogP contribution in [0.4, 0.5) is 5.13 Å². The monoisotopic (exact) mass is 434 g/mol. The minimum Gasteiger partial charge on any atom is -0.454 e. The molecule has 9 nitrogen and oxygen atoms in total. The van der Waals surface area contributed by atoms with Gasteiger partial charge < -0.3 is 19.1 Å². The molecule has 1 saturated heterocycles. The molecule has 11 heteroatoms. The first-order chi connectivity index (χ1) is 14.2. The number of hydrogen-bond donors (Lipinski definition) is 1. The summed E-state index contributed by atoms with van der Waals surface area (Å²) in [4.78, 5) is 26.0. The van der Waals surface area contributed by atoms with Gasteiger partial charge in [0, 0.05) is 19.2 Å². The molecular formula is C18H18N4O5S2. The molecule has 1 N–H and O–H groups in total. The van der Waals surface area contributed by atoms with Gasteiger partial charge in [0.25, 0.3) is 0 Å². The van der Waals surface area contributed by atoms with Crippen molar-refractivity contribution in [1.29, 1.82) is 0 Å². The number of anilines is 1. The minimum absolute atomic E-state index is 0.0470. The van der Waals surface area contributed by atoms with Crippen molar-refractivity contribution in [3.8, 4) is 11.5 Å². The van der Waals surface area contributed by atoms with Crippen LogP contribution in [0, 0.1) is 0 Å². The summed E-state index contributed by atoms with van der Waals surface area (Å²) in [6, 6.07) is 5.44. The van der Waals surface area contributed by atoms with Crippen LogP contribution in [-0.2, 0) is 14.3 Å². The second-order valence-corrected chi connectivity index (χ2v) is 8.29. The molecule has 0 radical (unpaired) electrons. The third kappa shape index (κ3) is 5.25. The molecule has 0 bridgehead atoms. The van der Waals surface area contributed by atoms with Crippen LogP contribution in [-0.4, -0.2) is 65.8 Å². The highest BCUT2D eigenvalue weighted by Crippen LogP contribution is 2.32. The summed E-state index contributed by atoms with van der Waals surface area (Å²) < 4.78 is 16.4. The molecule has 2 aliphatic heterocycles. The molecule has 3 heterocycles. The predicted molar refractivity (Wildman–Crippen MR) is 108 cm³/mol. The average Bonchev–Trinajstić information content (AvgIpc) is 3.40.